The third-order valence-corrected chi connectivity index (χ3v) is 4.85. The summed E-state index contributed by atoms with van der Waals surface area (Å²) >= 11 is 0. The Kier molecular flexibility index (Phi) is 7.92. The number of carboxylic acids is 1. The fourth-order valence-corrected chi connectivity index (χ4v) is 3.38. The molecule has 3 atom stereocenters. The zero-order valence-electron chi connectivity index (χ0n) is 16.2. The summed E-state index contributed by atoms with van der Waals surface area (Å²) in [6, 6.07) is 3.72. The molecule has 1 amide bonds. The number of hydrogen-bond donors (Lipinski definition) is 2. The first-order valence-corrected chi connectivity index (χ1v) is 9.54. The lowest BCUT2D eigenvalue weighted by Crippen LogP contribution is -2.53. The van der Waals surface area contributed by atoms with Crippen molar-refractivity contribution >= 4 is 17.8 Å². The van der Waals surface area contributed by atoms with Crippen molar-refractivity contribution in [3.05, 3.63) is 35.6 Å². The maximum atomic E-state index is 13.0. The number of aliphatic carboxylic acids is 1. The monoisotopic (exact) mass is 394 g/mol. The molecular weight excluding hydrogens is 367 g/mol. The number of aryl methyl sites for hydroxylation is 1. The number of benzene rings is 1. The Labute approximate surface area is 163 Å². The van der Waals surface area contributed by atoms with Gasteiger partial charge in [-0.3, -0.25) is 14.9 Å². The van der Waals surface area contributed by atoms with Gasteiger partial charge in [-0.25, -0.2) is 9.18 Å². The number of carboxylic acid groups (broad SMARTS) is 1. The van der Waals surface area contributed by atoms with Crippen LogP contribution in [0.5, 0.6) is 0 Å². The Hall–Kier alpha value is -2.48. The number of esters is 1. The number of amides is 1. The smallest absolute Gasteiger partial charge is 0.326 e. The molecule has 1 heterocycles. The van der Waals surface area contributed by atoms with Crippen molar-refractivity contribution in [3.8, 4) is 0 Å². The summed E-state index contributed by atoms with van der Waals surface area (Å²) in [5, 5.41) is 12.3. The Morgan fingerprint density at radius 1 is 1.32 bits per heavy atom. The number of nitrogens with zero attached hydrogens (tertiary/aromatic N) is 1. The van der Waals surface area contributed by atoms with Crippen LogP contribution in [0.25, 0.3) is 0 Å². The molecule has 0 aromatic heterocycles. The van der Waals surface area contributed by atoms with Crippen molar-refractivity contribution in [2.45, 2.75) is 57.7 Å². The SMILES string of the molecule is CCOC(=O)[C@H](CCc1ccc(F)cc1)N[C@@H](C)C(=O)N1CCC[C@H]1C(=O)O. The third-order valence-electron chi connectivity index (χ3n) is 4.85. The zero-order chi connectivity index (χ0) is 20.7. The van der Waals surface area contributed by atoms with Crippen LogP contribution in [0.1, 0.15) is 38.7 Å². The molecule has 0 radical (unpaired) electrons. The first-order valence-electron chi connectivity index (χ1n) is 9.54. The van der Waals surface area contributed by atoms with E-state index in [4.69, 9.17) is 4.74 Å². The summed E-state index contributed by atoms with van der Waals surface area (Å²) in [6.07, 6.45) is 1.94. The second kappa shape index (κ2) is 10.2. The van der Waals surface area contributed by atoms with E-state index < -0.39 is 30.1 Å². The van der Waals surface area contributed by atoms with Crippen LogP contribution in [0.3, 0.4) is 0 Å². The van der Waals surface area contributed by atoms with E-state index in [0.29, 0.717) is 32.2 Å². The highest BCUT2D eigenvalue weighted by Gasteiger charge is 2.36. The van der Waals surface area contributed by atoms with Crippen LogP contribution in [-0.2, 0) is 25.5 Å². The van der Waals surface area contributed by atoms with Crippen molar-refractivity contribution in [3.63, 3.8) is 0 Å². The van der Waals surface area contributed by atoms with Gasteiger partial charge in [-0.05, 0) is 57.2 Å². The van der Waals surface area contributed by atoms with E-state index in [1.54, 1.807) is 26.0 Å². The van der Waals surface area contributed by atoms with Crippen molar-refractivity contribution in [1.82, 2.24) is 10.2 Å². The minimum atomic E-state index is -1.02. The molecule has 8 heteroatoms. The van der Waals surface area contributed by atoms with E-state index in [9.17, 15) is 23.9 Å². The van der Waals surface area contributed by atoms with Crippen molar-refractivity contribution in [2.24, 2.45) is 0 Å². The molecule has 1 fully saturated rings. The van der Waals surface area contributed by atoms with Crippen molar-refractivity contribution < 1.29 is 28.6 Å². The molecule has 1 aliphatic rings. The Morgan fingerprint density at radius 2 is 2.00 bits per heavy atom. The standard InChI is InChI=1S/C20H27FN2O5/c1-3-28-20(27)16(11-8-14-6-9-15(21)10-7-14)22-13(2)18(24)23-12-4-5-17(23)19(25)26/h6-7,9-10,13,16-17,22H,3-5,8,11-12H2,1-2H3,(H,25,26)/t13-,16-,17-/m0/s1. The van der Waals surface area contributed by atoms with Gasteiger partial charge in [0.05, 0.1) is 12.6 Å². The first-order chi connectivity index (χ1) is 13.3. The van der Waals surface area contributed by atoms with Gasteiger partial charge in [0.25, 0.3) is 0 Å². The number of carbonyl (C=O) groups excluding carboxylic acids is 2. The molecule has 154 valence electrons. The van der Waals surface area contributed by atoms with Gasteiger partial charge in [-0.1, -0.05) is 12.1 Å². The number of halogens is 1. The highest BCUT2D eigenvalue weighted by Crippen LogP contribution is 2.19. The van der Waals surface area contributed by atoms with Gasteiger partial charge in [0.2, 0.25) is 5.91 Å². The maximum Gasteiger partial charge on any atom is 0.326 e. The van der Waals surface area contributed by atoms with E-state index in [1.807, 2.05) is 0 Å². The van der Waals surface area contributed by atoms with Crippen molar-refractivity contribution in [1.29, 1.82) is 0 Å². The van der Waals surface area contributed by atoms with Crippen LogP contribution in [-0.4, -0.2) is 59.1 Å². The lowest BCUT2D eigenvalue weighted by atomic mass is 10.0. The molecule has 7 nitrogen and oxygen atoms in total. The Morgan fingerprint density at radius 3 is 2.61 bits per heavy atom. The topological polar surface area (TPSA) is 95.9 Å². The number of nitrogens with one attached hydrogen (secondary N) is 1. The molecule has 2 N–H and O–H groups in total. The normalized spacial score (nSPS) is 18.5. The van der Waals surface area contributed by atoms with Gasteiger partial charge < -0.3 is 14.7 Å². The molecule has 1 aromatic carbocycles. The summed E-state index contributed by atoms with van der Waals surface area (Å²) in [5.41, 5.74) is 0.863. The van der Waals surface area contributed by atoms with Gasteiger partial charge in [-0.15, -0.1) is 0 Å². The summed E-state index contributed by atoms with van der Waals surface area (Å²) in [4.78, 5) is 37.7. The molecule has 0 aliphatic carbocycles. The molecule has 1 aliphatic heterocycles. The summed E-state index contributed by atoms with van der Waals surface area (Å²) < 4.78 is 18.1. The van der Waals surface area contributed by atoms with Crippen molar-refractivity contribution in [2.75, 3.05) is 13.2 Å². The lowest BCUT2D eigenvalue weighted by molar-refractivity contribution is -0.150. The van der Waals surface area contributed by atoms with E-state index in [0.717, 1.165) is 5.56 Å². The predicted molar refractivity (Wildman–Crippen MR) is 100 cm³/mol. The minimum absolute atomic E-state index is 0.211. The van der Waals surface area contributed by atoms with Crippen LogP contribution in [0, 0.1) is 5.82 Å². The summed E-state index contributed by atoms with van der Waals surface area (Å²) in [7, 11) is 0. The zero-order valence-corrected chi connectivity index (χ0v) is 16.2. The second-order valence-corrected chi connectivity index (χ2v) is 6.89. The fraction of sp³-hybridized carbons (Fsp3) is 0.550. The molecule has 0 spiro atoms. The lowest BCUT2D eigenvalue weighted by Gasteiger charge is -2.27. The molecular formula is C20H27FN2O5. The fourth-order valence-electron chi connectivity index (χ4n) is 3.38. The van der Waals surface area contributed by atoms with Crippen LogP contribution in [0.4, 0.5) is 4.39 Å². The van der Waals surface area contributed by atoms with Gasteiger partial charge >= 0.3 is 11.9 Å². The van der Waals surface area contributed by atoms with Crippen LogP contribution < -0.4 is 5.32 Å². The quantitative estimate of drug-likeness (QED) is 0.620. The number of rotatable bonds is 9. The van der Waals surface area contributed by atoms with Crippen LogP contribution in [0.15, 0.2) is 24.3 Å². The highest BCUT2D eigenvalue weighted by molar-refractivity contribution is 5.88. The molecule has 0 bridgehead atoms. The highest BCUT2D eigenvalue weighted by atomic mass is 19.1. The number of ether oxygens (including phenoxy) is 1. The molecule has 0 unspecified atom stereocenters. The van der Waals surface area contributed by atoms with Gasteiger partial charge in [0, 0.05) is 6.54 Å². The number of hydrogen-bond acceptors (Lipinski definition) is 5. The Balaban J connectivity index is 2.02. The first kappa shape index (κ1) is 21.8. The van der Waals surface area contributed by atoms with E-state index >= 15 is 0 Å². The van der Waals surface area contributed by atoms with Crippen LogP contribution in [0.2, 0.25) is 0 Å². The minimum Gasteiger partial charge on any atom is -0.480 e. The van der Waals surface area contributed by atoms with Crippen LogP contribution >= 0.6 is 0 Å². The van der Waals surface area contributed by atoms with Gasteiger partial charge in [-0.2, -0.15) is 0 Å². The summed E-state index contributed by atoms with van der Waals surface area (Å²) in [5.74, 6) is -2.17. The van der Waals surface area contributed by atoms with E-state index in [2.05, 4.69) is 5.32 Å². The average Bonchev–Trinajstić information content (AvgIpc) is 3.15. The van der Waals surface area contributed by atoms with E-state index in [1.165, 1.54) is 17.0 Å². The maximum absolute atomic E-state index is 13.0. The molecule has 2 rings (SSSR count). The molecule has 1 saturated heterocycles. The van der Waals surface area contributed by atoms with Gasteiger partial charge in [0.15, 0.2) is 0 Å². The molecule has 0 saturated carbocycles. The molecule has 28 heavy (non-hydrogen) atoms. The van der Waals surface area contributed by atoms with Gasteiger partial charge in [0.1, 0.15) is 17.9 Å². The third kappa shape index (κ3) is 5.76. The molecule has 1 aromatic rings. The Bertz CT molecular complexity index is 694. The van der Waals surface area contributed by atoms with E-state index in [-0.39, 0.29) is 18.3 Å². The number of likely N-dealkylation sites (tertiary alicyclic amines) is 1. The summed E-state index contributed by atoms with van der Waals surface area (Å²) in [6.45, 7) is 3.92. The average molecular weight is 394 g/mol. The second-order valence-electron chi connectivity index (χ2n) is 6.89. The largest absolute Gasteiger partial charge is 0.480 e. The number of carbonyl (C=O) groups is 3. The predicted octanol–water partition coefficient (Wildman–Crippen LogP) is 1.74.